The van der Waals surface area contributed by atoms with Crippen molar-refractivity contribution >= 4 is 51.6 Å². The van der Waals surface area contributed by atoms with Crippen LogP contribution in [-0.4, -0.2) is 72.1 Å². The molecule has 4 heterocycles. The summed E-state index contributed by atoms with van der Waals surface area (Å²) in [5.41, 5.74) is 0.869. The van der Waals surface area contributed by atoms with Crippen LogP contribution in [0.25, 0.3) is 16.6 Å². The fourth-order valence-corrected chi connectivity index (χ4v) is 5.44. The number of ether oxygens (including phenoxy) is 2. The van der Waals surface area contributed by atoms with E-state index in [1.54, 1.807) is 42.3 Å². The summed E-state index contributed by atoms with van der Waals surface area (Å²) < 4.78 is 12.8. The van der Waals surface area contributed by atoms with E-state index in [9.17, 15) is 14.7 Å². The van der Waals surface area contributed by atoms with Gasteiger partial charge in [0, 0.05) is 45.0 Å². The predicted octanol–water partition coefficient (Wildman–Crippen LogP) is 4.92. The Morgan fingerprint density at radius 3 is 2.73 bits per heavy atom. The van der Waals surface area contributed by atoms with Crippen molar-refractivity contribution < 1.29 is 19.4 Å². The van der Waals surface area contributed by atoms with Crippen molar-refractivity contribution in [1.29, 1.82) is 0 Å². The average Bonchev–Trinajstić information content (AvgIpc) is 3.44. The Labute approximate surface area is 246 Å². The summed E-state index contributed by atoms with van der Waals surface area (Å²) in [6, 6.07) is 10.5. The number of halogens is 2. The lowest BCUT2D eigenvalue weighted by Crippen LogP contribution is -2.34. The molecule has 214 valence electrons. The summed E-state index contributed by atoms with van der Waals surface area (Å²) in [4.78, 5) is 38.0. The van der Waals surface area contributed by atoms with Gasteiger partial charge in [0.15, 0.2) is 0 Å². The predicted molar refractivity (Wildman–Crippen MR) is 160 cm³/mol. The van der Waals surface area contributed by atoms with E-state index in [0.29, 0.717) is 46.9 Å². The molecule has 0 saturated carbocycles. The number of carboxylic acids is 1. The molecule has 5 rings (SSSR count). The number of aromatic nitrogens is 3. The van der Waals surface area contributed by atoms with E-state index in [2.05, 4.69) is 14.9 Å². The second-order valence-electron chi connectivity index (χ2n) is 9.75. The molecule has 10 nitrogen and oxygen atoms in total. The Kier molecular flexibility index (Phi) is 8.63. The highest BCUT2D eigenvalue weighted by atomic mass is 35.5. The summed E-state index contributed by atoms with van der Waals surface area (Å²) in [6.45, 7) is 2.28. The largest absolute Gasteiger partial charge is 0.477 e. The molecule has 41 heavy (non-hydrogen) atoms. The van der Waals surface area contributed by atoms with E-state index in [0.717, 1.165) is 30.9 Å². The lowest BCUT2D eigenvalue weighted by Gasteiger charge is -2.28. The molecule has 0 bridgehead atoms. The number of methoxy groups -OCH3 is 1. The number of benzene rings is 1. The number of aromatic carboxylic acids is 1. The molecule has 1 aliphatic heterocycles. The van der Waals surface area contributed by atoms with Crippen molar-refractivity contribution in [3.05, 3.63) is 80.8 Å². The molecule has 1 aliphatic rings. The fraction of sp³-hybridized carbons (Fsp3) is 0.310. The van der Waals surface area contributed by atoms with Gasteiger partial charge in [0.2, 0.25) is 11.3 Å². The number of carboxylic acid groups (broad SMARTS) is 1. The molecule has 1 fully saturated rings. The van der Waals surface area contributed by atoms with Crippen molar-refractivity contribution in [3.63, 3.8) is 0 Å². The maximum absolute atomic E-state index is 13.2. The van der Waals surface area contributed by atoms with Crippen LogP contribution in [0.1, 0.15) is 23.2 Å². The molecule has 12 heteroatoms. The van der Waals surface area contributed by atoms with Gasteiger partial charge in [-0.3, -0.25) is 4.79 Å². The lowest BCUT2D eigenvalue weighted by molar-refractivity contribution is 0.0695. The second kappa shape index (κ2) is 12.3. The van der Waals surface area contributed by atoms with Crippen LogP contribution in [0.3, 0.4) is 0 Å². The zero-order valence-corrected chi connectivity index (χ0v) is 24.1. The molecule has 1 aromatic carbocycles. The molecule has 0 spiro atoms. The smallest absolute Gasteiger partial charge is 0.341 e. The van der Waals surface area contributed by atoms with Crippen LogP contribution in [-0.2, 0) is 4.74 Å². The van der Waals surface area contributed by atoms with E-state index >= 15 is 0 Å². The molecule has 1 atom stereocenters. The molecule has 0 radical (unpaired) electrons. The quantitative estimate of drug-likeness (QED) is 0.272. The minimum absolute atomic E-state index is 0.00919. The standard InChI is InChI=1S/C29H29Cl2N5O5/c1-34(11-12-40-2)26-8-7-18(15-33-26)36-16-21(29(38)39)27(37)20-13-23(31)25(14-24(20)36)35-10-4-5-19(35)17-41-28-22(30)6-3-9-32-28/h3,6-9,13-16,19H,4-5,10-12,17H2,1-2H3,(H,38,39)/t19-/m1/s1. The van der Waals surface area contributed by atoms with Crippen LogP contribution in [0.15, 0.2) is 59.8 Å². The highest BCUT2D eigenvalue weighted by molar-refractivity contribution is 6.34. The van der Waals surface area contributed by atoms with Crippen LogP contribution in [0.5, 0.6) is 5.88 Å². The Bertz CT molecular complexity index is 1630. The van der Waals surface area contributed by atoms with Crippen LogP contribution >= 0.6 is 23.2 Å². The van der Waals surface area contributed by atoms with Gasteiger partial charge >= 0.3 is 5.97 Å². The fourth-order valence-electron chi connectivity index (χ4n) is 4.99. The first-order valence-electron chi connectivity index (χ1n) is 13.1. The number of carbonyl (C=O) groups is 1. The van der Waals surface area contributed by atoms with E-state index in [-0.39, 0.29) is 17.0 Å². The van der Waals surface area contributed by atoms with Gasteiger partial charge in [-0.05, 0) is 49.2 Å². The van der Waals surface area contributed by atoms with Crippen molar-refractivity contribution in [2.75, 3.05) is 50.3 Å². The lowest BCUT2D eigenvalue weighted by atomic mass is 10.1. The molecule has 0 aliphatic carbocycles. The van der Waals surface area contributed by atoms with E-state index in [1.807, 2.05) is 30.1 Å². The number of nitrogens with zero attached hydrogens (tertiary/aromatic N) is 5. The Balaban J connectivity index is 1.55. The van der Waals surface area contributed by atoms with E-state index in [1.165, 1.54) is 6.20 Å². The molecule has 1 N–H and O–H groups in total. The van der Waals surface area contributed by atoms with Crippen LogP contribution < -0.4 is 20.0 Å². The normalized spacial score (nSPS) is 14.9. The summed E-state index contributed by atoms with van der Waals surface area (Å²) >= 11 is 13.0. The highest BCUT2D eigenvalue weighted by Gasteiger charge is 2.28. The van der Waals surface area contributed by atoms with Crippen LogP contribution in [0.2, 0.25) is 10.0 Å². The maximum Gasteiger partial charge on any atom is 0.341 e. The summed E-state index contributed by atoms with van der Waals surface area (Å²) in [5.74, 6) is -0.226. The number of likely N-dealkylation sites (N-methyl/N-ethyl adjacent to an activating group) is 1. The van der Waals surface area contributed by atoms with E-state index < -0.39 is 11.4 Å². The first kappa shape index (κ1) is 28.7. The zero-order valence-electron chi connectivity index (χ0n) is 22.6. The Morgan fingerprint density at radius 2 is 2.02 bits per heavy atom. The third kappa shape index (κ3) is 5.95. The van der Waals surface area contributed by atoms with Crippen LogP contribution in [0, 0.1) is 0 Å². The summed E-state index contributed by atoms with van der Waals surface area (Å²) in [7, 11) is 3.55. The molecule has 1 saturated heterocycles. The van der Waals surface area contributed by atoms with Crippen molar-refractivity contribution in [2.45, 2.75) is 18.9 Å². The zero-order chi connectivity index (χ0) is 29.1. The van der Waals surface area contributed by atoms with Gasteiger partial charge in [0.1, 0.15) is 23.0 Å². The minimum atomic E-state index is -1.32. The van der Waals surface area contributed by atoms with E-state index in [4.69, 9.17) is 32.7 Å². The maximum atomic E-state index is 13.2. The van der Waals surface area contributed by atoms with Crippen molar-refractivity contribution in [3.8, 4) is 11.6 Å². The molecule has 4 aromatic rings. The van der Waals surface area contributed by atoms with Crippen molar-refractivity contribution in [1.82, 2.24) is 14.5 Å². The number of rotatable bonds is 10. The molecule has 3 aromatic heterocycles. The summed E-state index contributed by atoms with van der Waals surface area (Å²) in [6.07, 6.45) is 6.39. The number of anilines is 2. The van der Waals surface area contributed by atoms with Gasteiger partial charge in [-0.1, -0.05) is 23.2 Å². The number of hydrogen-bond donors (Lipinski definition) is 1. The van der Waals surface area contributed by atoms with Gasteiger partial charge in [0.25, 0.3) is 0 Å². The molecule has 0 unspecified atom stereocenters. The number of hydrogen-bond acceptors (Lipinski definition) is 8. The monoisotopic (exact) mass is 597 g/mol. The van der Waals surface area contributed by atoms with Gasteiger partial charge in [-0.15, -0.1) is 0 Å². The Morgan fingerprint density at radius 1 is 1.20 bits per heavy atom. The molecule has 0 amide bonds. The second-order valence-corrected chi connectivity index (χ2v) is 10.6. The Hall–Kier alpha value is -3.86. The van der Waals surface area contributed by atoms with Gasteiger partial charge in [0.05, 0.1) is 40.8 Å². The minimum Gasteiger partial charge on any atom is -0.477 e. The molecular formula is C29H29Cl2N5O5. The van der Waals surface area contributed by atoms with Crippen LogP contribution in [0.4, 0.5) is 11.5 Å². The first-order valence-corrected chi connectivity index (χ1v) is 13.8. The average molecular weight is 598 g/mol. The summed E-state index contributed by atoms with van der Waals surface area (Å²) in [5, 5.41) is 10.8. The first-order chi connectivity index (χ1) is 19.8. The van der Waals surface area contributed by atoms with Gasteiger partial charge < -0.3 is 28.9 Å². The third-order valence-corrected chi connectivity index (χ3v) is 7.75. The van der Waals surface area contributed by atoms with Gasteiger partial charge in [-0.2, -0.15) is 0 Å². The van der Waals surface area contributed by atoms with Gasteiger partial charge in [-0.25, -0.2) is 14.8 Å². The number of pyridine rings is 3. The number of fused-ring (bicyclic) bond motifs is 1. The SMILES string of the molecule is COCCN(C)c1ccc(-n2cc(C(=O)O)c(=O)c3cc(Cl)c(N4CCC[C@@H]4COc4ncccc4Cl)cc32)cn1. The molecular weight excluding hydrogens is 569 g/mol. The topological polar surface area (TPSA) is 110 Å². The van der Waals surface area contributed by atoms with Crippen molar-refractivity contribution in [2.24, 2.45) is 0 Å². The third-order valence-electron chi connectivity index (χ3n) is 7.16. The highest BCUT2D eigenvalue weighted by Crippen LogP contribution is 2.36.